The molecule has 0 radical (unpaired) electrons. The van der Waals surface area contributed by atoms with Gasteiger partial charge in [0.05, 0.1) is 132 Å². The molecule has 12 aromatic rings. The number of benzene rings is 3. The van der Waals surface area contributed by atoms with Crippen LogP contribution in [-0.2, 0) is 14.4 Å². The Bertz CT molecular complexity index is 6860. The highest BCUT2D eigenvalue weighted by molar-refractivity contribution is 6.40. The van der Waals surface area contributed by atoms with Gasteiger partial charge in [0.25, 0.3) is 16.7 Å². The number of nitrogen functional groups attached to an aromatic ring is 3. The van der Waals surface area contributed by atoms with Gasteiger partial charge in [-0.15, -0.1) is 0 Å². The van der Waals surface area contributed by atoms with Crippen LogP contribution in [0.5, 0.6) is 0 Å². The van der Waals surface area contributed by atoms with Crippen molar-refractivity contribution < 1.29 is 53.9 Å². The van der Waals surface area contributed by atoms with Gasteiger partial charge in [-0.25, -0.2) is 54.5 Å². The van der Waals surface area contributed by atoms with Crippen LogP contribution in [0.3, 0.4) is 0 Å². The Balaban J connectivity index is 0.000000178. The van der Waals surface area contributed by atoms with E-state index in [0.717, 1.165) is 0 Å². The minimum Gasteiger partial charge on any atom is -0.395 e. The zero-order valence-corrected chi connectivity index (χ0v) is 82.9. The molecule has 3 aromatic carbocycles. The lowest BCUT2D eigenvalue weighted by atomic mass is 10.0. The first-order valence-corrected chi connectivity index (χ1v) is 46.1. The van der Waals surface area contributed by atoms with Crippen LogP contribution in [0.4, 0.5) is 73.6 Å². The van der Waals surface area contributed by atoms with Crippen LogP contribution in [0.25, 0.3) is 83.9 Å². The summed E-state index contributed by atoms with van der Waals surface area (Å²) in [5.74, 6) is -17.1. The summed E-state index contributed by atoms with van der Waals surface area (Å²) in [6.45, 7) is 39.6. The minimum atomic E-state index is -1.88. The number of carbonyl (C=O) groups excluding carboxylic acids is 3. The van der Waals surface area contributed by atoms with Gasteiger partial charge in [-0.1, -0.05) is 131 Å². The van der Waals surface area contributed by atoms with Gasteiger partial charge in [-0.05, 0) is 151 Å². The standard InChI is InChI=1S/3C33H30Cl2F3N7O2/c3*1-7-21(46)44-16(5)12-43(13-17(44)6)31-18-10-20(34)29(22-23(35)27(40)26(38)25(37)24(22)36)42-32(18)45(33(47)19(31)11-39)30-15(4)8-9-41-28(30)14(2)3/h3*7-10,14,16-17H,1,12-13,40H2,2-6H3/t3*16-,17+. The van der Waals surface area contributed by atoms with Crippen LogP contribution in [0, 0.1) is 107 Å². The summed E-state index contributed by atoms with van der Waals surface area (Å²) in [6.07, 6.45) is 8.43. The number of nitrogens with two attached hydrogens (primary N) is 3. The van der Waals surface area contributed by atoms with Crippen LogP contribution in [0.1, 0.15) is 151 Å². The number of pyridine rings is 9. The summed E-state index contributed by atoms with van der Waals surface area (Å²) < 4.78 is 137. The van der Waals surface area contributed by atoms with Crippen molar-refractivity contribution in [2.24, 2.45) is 0 Å². The summed E-state index contributed by atoms with van der Waals surface area (Å²) in [7, 11) is 0. The van der Waals surface area contributed by atoms with Crippen molar-refractivity contribution in [1.82, 2.24) is 58.3 Å². The number of amides is 3. The Morgan fingerprint density at radius 3 is 0.787 bits per heavy atom. The predicted octanol–water partition coefficient (Wildman–Crippen LogP) is 20.0. The third-order valence-electron chi connectivity index (χ3n) is 24.9. The highest BCUT2D eigenvalue weighted by Gasteiger charge is 2.42. The van der Waals surface area contributed by atoms with Gasteiger partial charge in [0.2, 0.25) is 17.7 Å². The molecule has 27 nitrogen and oxygen atoms in total. The highest BCUT2D eigenvalue weighted by Crippen LogP contribution is 2.49. The lowest BCUT2D eigenvalue weighted by Gasteiger charge is -2.45. The number of hydrogen-bond donors (Lipinski definition) is 3. The fourth-order valence-electron chi connectivity index (χ4n) is 18.8. The third-order valence-corrected chi connectivity index (χ3v) is 27.0. The molecule has 3 amide bonds. The van der Waals surface area contributed by atoms with Gasteiger partial charge >= 0.3 is 0 Å². The number of carbonyl (C=O) groups is 3. The van der Waals surface area contributed by atoms with Crippen LogP contribution in [-0.4, -0.2) is 152 Å². The summed E-state index contributed by atoms with van der Waals surface area (Å²) in [5.41, 5.74) is 12.9. The van der Waals surface area contributed by atoms with Crippen molar-refractivity contribution in [1.29, 1.82) is 15.8 Å². The second-order valence-corrected chi connectivity index (χ2v) is 37.7. The largest absolute Gasteiger partial charge is 0.395 e. The van der Waals surface area contributed by atoms with Gasteiger partial charge in [-0.2, -0.15) is 15.8 Å². The normalized spacial score (nSPS) is 16.6. The number of aromatic nitrogens is 9. The number of piperazine rings is 3. The molecule has 3 saturated heterocycles. The lowest BCUT2D eigenvalue weighted by molar-refractivity contribution is -0.131. The molecule has 732 valence electrons. The predicted molar refractivity (Wildman–Crippen MR) is 530 cm³/mol. The minimum absolute atomic E-state index is 0.0786. The summed E-state index contributed by atoms with van der Waals surface area (Å²) in [5, 5.41) is 29.4. The van der Waals surface area contributed by atoms with E-state index in [1.807, 2.05) is 83.1 Å². The van der Waals surface area contributed by atoms with E-state index in [1.54, 1.807) is 87.0 Å². The molecule has 42 heteroatoms. The van der Waals surface area contributed by atoms with E-state index in [-0.39, 0.29) is 193 Å². The van der Waals surface area contributed by atoms with E-state index in [9.17, 15) is 70.9 Å². The molecule has 141 heavy (non-hydrogen) atoms. The first-order valence-electron chi connectivity index (χ1n) is 43.9. The number of aryl methyl sites for hydroxylation is 3. The van der Waals surface area contributed by atoms with Crippen molar-refractivity contribution in [2.75, 3.05) is 71.2 Å². The van der Waals surface area contributed by atoms with E-state index < -0.39 is 135 Å². The second kappa shape index (κ2) is 40.8. The number of nitriles is 3. The molecule has 0 aliphatic carbocycles. The molecular formula is C99H90Cl6F9N21O6. The third kappa shape index (κ3) is 18.1. The quantitative estimate of drug-likeness (QED) is 0.0282. The van der Waals surface area contributed by atoms with Gasteiger partial charge < -0.3 is 46.6 Å². The fraction of sp³-hybridized carbons (Fsp3) is 0.303. The summed E-state index contributed by atoms with van der Waals surface area (Å²) in [6, 6.07) is 13.2. The first-order chi connectivity index (χ1) is 66.5. The smallest absolute Gasteiger partial charge is 0.276 e. The molecule has 0 unspecified atom stereocenters. The number of fused-ring (bicyclic) bond motifs is 3. The zero-order chi connectivity index (χ0) is 104. The summed E-state index contributed by atoms with van der Waals surface area (Å²) >= 11 is 38.9. The molecule has 6 atom stereocenters. The maximum atomic E-state index is 15.4. The van der Waals surface area contributed by atoms with Crippen molar-refractivity contribution in [2.45, 2.75) is 158 Å². The topological polar surface area (TPSA) is 363 Å². The van der Waals surface area contributed by atoms with Gasteiger partial charge in [0.15, 0.2) is 52.4 Å². The van der Waals surface area contributed by atoms with Crippen molar-refractivity contribution in [3.05, 3.63) is 257 Å². The molecule has 3 aliphatic heterocycles. The van der Waals surface area contributed by atoms with E-state index >= 15 is 13.2 Å². The molecule has 0 bridgehead atoms. The van der Waals surface area contributed by atoms with Crippen molar-refractivity contribution >= 4 is 155 Å². The Labute approximate surface area is 832 Å². The maximum absolute atomic E-state index is 15.4. The Kier molecular flexibility index (Phi) is 30.3. The molecule has 15 rings (SSSR count). The van der Waals surface area contributed by atoms with E-state index in [0.29, 0.717) is 50.8 Å². The average molecular weight is 2050 g/mol. The number of halogens is 15. The average Bonchev–Trinajstić information content (AvgIpc) is 0.725. The van der Waals surface area contributed by atoms with Crippen molar-refractivity contribution in [3.63, 3.8) is 0 Å². The molecule has 12 heterocycles. The van der Waals surface area contributed by atoms with Crippen LogP contribution >= 0.6 is 69.6 Å². The van der Waals surface area contributed by atoms with E-state index in [2.05, 4.69) is 67.8 Å². The monoisotopic (exact) mass is 2050 g/mol. The summed E-state index contributed by atoms with van der Waals surface area (Å²) in [4.78, 5) is 119. The van der Waals surface area contributed by atoms with Crippen LogP contribution < -0.4 is 48.6 Å². The number of hydrogen-bond acceptors (Lipinski definition) is 21. The number of nitrogens with zero attached hydrogens (tertiary/aromatic N) is 18. The molecule has 6 N–H and O–H groups in total. The molecule has 9 aromatic heterocycles. The Morgan fingerprint density at radius 2 is 0.596 bits per heavy atom. The Morgan fingerprint density at radius 1 is 0.383 bits per heavy atom. The highest BCUT2D eigenvalue weighted by atomic mass is 35.5. The van der Waals surface area contributed by atoms with Gasteiger partial charge in [0, 0.05) is 110 Å². The Hall–Kier alpha value is -13.8. The van der Waals surface area contributed by atoms with E-state index in [4.69, 9.17) is 86.8 Å². The molecular weight excluding hydrogens is 1960 g/mol. The fourth-order valence-corrected chi connectivity index (χ4v) is 20.3. The van der Waals surface area contributed by atoms with Crippen molar-refractivity contribution in [3.8, 4) is 69.0 Å². The maximum Gasteiger partial charge on any atom is 0.276 e. The van der Waals surface area contributed by atoms with Gasteiger partial charge in [-0.3, -0.25) is 57.4 Å². The number of rotatable bonds is 15. The molecule has 0 saturated carbocycles. The SMILES string of the molecule is C=CC(=O)N1[C@H](C)CN(c2c(C#N)c(=O)n(-c3c(C)ccnc3C(C)C)c3nc(-c4c(F)c(F)c(F)c(N)c4Cl)c(Cl)cc23)C[C@@H]1C.C=CC(=O)N1[C@H](C)CN(c2c(C#N)c(=O)n(-c3c(C)ccnc3C(C)C)c3nc(-c4c(F)c(F)c(F)c(N)c4Cl)c(Cl)cc23)C[C@@H]1C.C=CC(=O)N1[C@H](C)CN(c2c(C#N)c(=O)n(-c3c(C)ccnc3C(C)C)c3nc(-c4c(F)c(F)c(F)c(N)c4Cl)c(Cl)cc23)C[C@@H]1C. The first kappa shape index (κ1) is 105. The van der Waals surface area contributed by atoms with Gasteiger partial charge in [0.1, 0.15) is 51.8 Å². The molecule has 0 spiro atoms. The molecule has 3 fully saturated rings. The number of anilines is 6. The van der Waals surface area contributed by atoms with Crippen LogP contribution in [0.15, 0.2) is 107 Å². The molecule has 3 aliphatic rings. The van der Waals surface area contributed by atoms with Crippen LogP contribution in [0.2, 0.25) is 30.1 Å². The zero-order valence-electron chi connectivity index (χ0n) is 78.4. The van der Waals surface area contributed by atoms with E-state index in [1.165, 1.54) is 50.1 Å². The lowest BCUT2D eigenvalue weighted by Crippen LogP contribution is -2.58. The second-order valence-electron chi connectivity index (χ2n) is 35.3.